The number of alkyl carbamates (subject to hydrolysis) is 1. The van der Waals surface area contributed by atoms with Crippen molar-refractivity contribution in [3.8, 4) is 11.5 Å². The highest BCUT2D eigenvalue weighted by atomic mass is 16.6. The zero-order valence-corrected chi connectivity index (χ0v) is 22.6. The number of nitrogens with one attached hydrogen (secondary N) is 1. The van der Waals surface area contributed by atoms with Gasteiger partial charge in [-0.25, -0.2) is 9.59 Å². The minimum absolute atomic E-state index is 0.00864. The number of carbonyl (C=O) groups excluding carboxylic acids is 2. The Morgan fingerprint density at radius 1 is 0.973 bits per heavy atom. The number of benzene rings is 2. The largest absolute Gasteiger partial charge is 0.497 e. The van der Waals surface area contributed by atoms with Crippen LogP contribution in [-0.2, 0) is 31.8 Å². The van der Waals surface area contributed by atoms with Crippen LogP contribution < -0.4 is 14.8 Å². The quantitative estimate of drug-likeness (QED) is 0.542. The van der Waals surface area contributed by atoms with E-state index in [-0.39, 0.29) is 18.4 Å². The summed E-state index contributed by atoms with van der Waals surface area (Å²) in [6, 6.07) is 14.9. The van der Waals surface area contributed by atoms with Crippen molar-refractivity contribution in [2.24, 2.45) is 11.8 Å². The molecule has 4 atom stereocenters. The number of amides is 1. The maximum Gasteiger partial charge on any atom is 0.408 e. The SMILES string of the molecule is COc1cccc(C[C@H]2COC[C@H](NC(=O)OC(C)(C)C)C(=O)O[C@@H](C)[C@@H]2Cc2cccc(OC)c2)c1. The molecule has 0 aliphatic carbocycles. The molecule has 1 amide bonds. The molecule has 37 heavy (non-hydrogen) atoms. The number of cyclic esters (lactones) is 1. The number of rotatable bonds is 7. The van der Waals surface area contributed by atoms with Gasteiger partial charge in [0.25, 0.3) is 0 Å². The molecule has 1 N–H and O–H groups in total. The molecule has 2 aromatic carbocycles. The molecule has 1 aliphatic heterocycles. The molecule has 1 heterocycles. The second-order valence-electron chi connectivity index (χ2n) is 10.4. The van der Waals surface area contributed by atoms with Crippen molar-refractivity contribution >= 4 is 12.1 Å². The third kappa shape index (κ3) is 8.67. The molecule has 1 fully saturated rings. The Morgan fingerprint density at radius 3 is 2.14 bits per heavy atom. The van der Waals surface area contributed by atoms with E-state index >= 15 is 0 Å². The van der Waals surface area contributed by atoms with Crippen molar-refractivity contribution < 1.29 is 33.3 Å². The van der Waals surface area contributed by atoms with Crippen LogP contribution in [0.2, 0.25) is 0 Å². The molecule has 3 rings (SSSR count). The Balaban J connectivity index is 1.85. The van der Waals surface area contributed by atoms with Crippen LogP contribution in [0.15, 0.2) is 48.5 Å². The summed E-state index contributed by atoms with van der Waals surface area (Å²) in [5, 5.41) is 2.61. The smallest absolute Gasteiger partial charge is 0.408 e. The van der Waals surface area contributed by atoms with Crippen molar-refractivity contribution in [3.05, 3.63) is 59.7 Å². The molecular weight excluding hydrogens is 474 g/mol. The normalized spacial score (nSPS) is 22.6. The topological polar surface area (TPSA) is 92.3 Å². The molecule has 0 spiro atoms. The number of ether oxygens (including phenoxy) is 5. The summed E-state index contributed by atoms with van der Waals surface area (Å²) in [5.74, 6) is 0.985. The highest BCUT2D eigenvalue weighted by Gasteiger charge is 2.35. The predicted octanol–water partition coefficient (Wildman–Crippen LogP) is 4.58. The zero-order chi connectivity index (χ0) is 27.0. The monoisotopic (exact) mass is 513 g/mol. The molecule has 0 saturated carbocycles. The molecule has 1 saturated heterocycles. The highest BCUT2D eigenvalue weighted by Crippen LogP contribution is 2.30. The van der Waals surface area contributed by atoms with Crippen LogP contribution in [0.25, 0.3) is 0 Å². The van der Waals surface area contributed by atoms with Gasteiger partial charge in [0.2, 0.25) is 0 Å². The molecule has 0 bridgehead atoms. The second kappa shape index (κ2) is 12.8. The zero-order valence-electron chi connectivity index (χ0n) is 22.6. The van der Waals surface area contributed by atoms with Gasteiger partial charge in [-0.05, 0) is 81.8 Å². The lowest BCUT2D eigenvalue weighted by Crippen LogP contribution is -2.47. The number of methoxy groups -OCH3 is 2. The van der Waals surface area contributed by atoms with Gasteiger partial charge in [-0.15, -0.1) is 0 Å². The number of hydrogen-bond acceptors (Lipinski definition) is 7. The van der Waals surface area contributed by atoms with Gasteiger partial charge < -0.3 is 29.0 Å². The lowest BCUT2D eigenvalue weighted by Gasteiger charge is -2.31. The molecule has 2 aromatic rings. The molecule has 8 heteroatoms. The Labute approximate surface area is 219 Å². The van der Waals surface area contributed by atoms with Crippen LogP contribution in [0, 0.1) is 11.8 Å². The summed E-state index contributed by atoms with van der Waals surface area (Å²) in [6.07, 6.45) is 0.246. The van der Waals surface area contributed by atoms with Gasteiger partial charge in [0.1, 0.15) is 23.2 Å². The minimum atomic E-state index is -0.967. The molecule has 0 radical (unpaired) electrons. The van der Waals surface area contributed by atoms with Crippen LogP contribution in [0.5, 0.6) is 11.5 Å². The van der Waals surface area contributed by atoms with E-state index in [1.54, 1.807) is 35.0 Å². The highest BCUT2D eigenvalue weighted by molar-refractivity contribution is 5.81. The summed E-state index contributed by atoms with van der Waals surface area (Å²) < 4.78 is 28.1. The molecule has 1 aliphatic rings. The fourth-order valence-electron chi connectivity index (χ4n) is 4.53. The van der Waals surface area contributed by atoms with E-state index in [4.69, 9.17) is 23.7 Å². The fourth-order valence-corrected chi connectivity index (χ4v) is 4.53. The summed E-state index contributed by atoms with van der Waals surface area (Å²) in [6.45, 7) is 7.57. The average molecular weight is 514 g/mol. The minimum Gasteiger partial charge on any atom is -0.497 e. The predicted molar refractivity (Wildman–Crippen MR) is 140 cm³/mol. The average Bonchev–Trinajstić information content (AvgIpc) is 2.89. The first kappa shape index (κ1) is 28.3. The van der Waals surface area contributed by atoms with E-state index < -0.39 is 29.8 Å². The van der Waals surface area contributed by atoms with Crippen molar-refractivity contribution in [3.63, 3.8) is 0 Å². The summed E-state index contributed by atoms with van der Waals surface area (Å²) in [7, 11) is 3.29. The lowest BCUT2D eigenvalue weighted by molar-refractivity contribution is -0.154. The summed E-state index contributed by atoms with van der Waals surface area (Å²) >= 11 is 0. The molecular formula is C29H39NO7. The number of hydrogen-bond donors (Lipinski definition) is 1. The van der Waals surface area contributed by atoms with Gasteiger partial charge in [0.05, 0.1) is 27.4 Å². The Hall–Kier alpha value is -3.26. The Morgan fingerprint density at radius 2 is 1.57 bits per heavy atom. The fraction of sp³-hybridized carbons (Fsp3) is 0.517. The Bertz CT molecular complexity index is 1050. The van der Waals surface area contributed by atoms with E-state index in [0.717, 1.165) is 22.6 Å². The van der Waals surface area contributed by atoms with Crippen molar-refractivity contribution in [2.75, 3.05) is 27.4 Å². The van der Waals surface area contributed by atoms with E-state index in [0.29, 0.717) is 19.4 Å². The third-order valence-electron chi connectivity index (χ3n) is 6.34. The van der Waals surface area contributed by atoms with Crippen molar-refractivity contribution in [2.45, 2.75) is 58.3 Å². The number of esters is 1. The standard InChI is InChI=1S/C29H39NO7/c1-19-25(16-21-10-8-12-24(15-21)34-6)22(13-20-9-7-11-23(14-20)33-5)17-35-18-26(27(31)36-19)30-28(32)37-29(2,3)4/h7-12,14-15,19,22,25-26H,13,16-18H2,1-6H3,(H,30,32)/t19-,22-,25-,26-/m0/s1. The lowest BCUT2D eigenvalue weighted by atomic mass is 9.80. The van der Waals surface area contributed by atoms with Crippen molar-refractivity contribution in [1.82, 2.24) is 5.32 Å². The molecule has 202 valence electrons. The van der Waals surface area contributed by atoms with Crippen LogP contribution in [-0.4, -0.2) is 57.2 Å². The van der Waals surface area contributed by atoms with Gasteiger partial charge in [-0.2, -0.15) is 0 Å². The van der Waals surface area contributed by atoms with E-state index in [1.165, 1.54) is 0 Å². The van der Waals surface area contributed by atoms with Gasteiger partial charge in [-0.3, -0.25) is 0 Å². The maximum atomic E-state index is 13.1. The molecule has 0 unspecified atom stereocenters. The van der Waals surface area contributed by atoms with Gasteiger partial charge in [-0.1, -0.05) is 24.3 Å². The molecule has 8 nitrogen and oxygen atoms in total. The first-order valence-electron chi connectivity index (χ1n) is 12.6. The van der Waals surface area contributed by atoms with Crippen LogP contribution in [0.4, 0.5) is 4.79 Å². The second-order valence-corrected chi connectivity index (χ2v) is 10.4. The van der Waals surface area contributed by atoms with Gasteiger partial charge in [0.15, 0.2) is 6.04 Å². The maximum absolute atomic E-state index is 13.1. The first-order valence-corrected chi connectivity index (χ1v) is 12.6. The van der Waals surface area contributed by atoms with Crippen LogP contribution in [0.1, 0.15) is 38.8 Å². The first-order chi connectivity index (χ1) is 17.6. The van der Waals surface area contributed by atoms with Gasteiger partial charge >= 0.3 is 12.1 Å². The van der Waals surface area contributed by atoms with E-state index in [9.17, 15) is 9.59 Å². The summed E-state index contributed by atoms with van der Waals surface area (Å²) in [5.41, 5.74) is 1.49. The third-order valence-corrected chi connectivity index (χ3v) is 6.34. The van der Waals surface area contributed by atoms with Crippen LogP contribution >= 0.6 is 0 Å². The van der Waals surface area contributed by atoms with E-state index in [1.807, 2.05) is 49.4 Å². The van der Waals surface area contributed by atoms with E-state index in [2.05, 4.69) is 11.4 Å². The number of carbonyl (C=O) groups is 2. The summed E-state index contributed by atoms with van der Waals surface area (Å²) in [4.78, 5) is 25.4. The van der Waals surface area contributed by atoms with Crippen molar-refractivity contribution in [1.29, 1.82) is 0 Å². The Kier molecular flexibility index (Phi) is 9.80. The van der Waals surface area contributed by atoms with Gasteiger partial charge in [0, 0.05) is 5.92 Å². The molecule has 0 aromatic heterocycles. The van der Waals surface area contributed by atoms with Crippen LogP contribution in [0.3, 0.4) is 0 Å².